The van der Waals surface area contributed by atoms with Crippen molar-refractivity contribution in [3.63, 3.8) is 0 Å². The second kappa shape index (κ2) is 7.22. The van der Waals surface area contributed by atoms with Crippen molar-refractivity contribution in [3.8, 4) is 5.75 Å². The molecule has 0 unspecified atom stereocenters. The minimum atomic E-state index is -0.469. The smallest absolute Gasteiger partial charge is 0.262 e. The number of halogens is 2. The molecule has 2 rings (SSSR count). The van der Waals surface area contributed by atoms with Gasteiger partial charge < -0.3 is 10.1 Å². The van der Waals surface area contributed by atoms with E-state index in [9.17, 15) is 9.18 Å². The lowest BCUT2D eigenvalue weighted by Gasteiger charge is -2.11. The van der Waals surface area contributed by atoms with Gasteiger partial charge in [0, 0.05) is 4.47 Å². The summed E-state index contributed by atoms with van der Waals surface area (Å²) in [7, 11) is 0. The van der Waals surface area contributed by atoms with Gasteiger partial charge in [-0.2, -0.15) is 0 Å². The van der Waals surface area contributed by atoms with Crippen LogP contribution < -0.4 is 10.1 Å². The lowest BCUT2D eigenvalue weighted by Crippen LogP contribution is -2.21. The van der Waals surface area contributed by atoms with Crippen LogP contribution in [0.4, 0.5) is 10.1 Å². The van der Waals surface area contributed by atoms with E-state index >= 15 is 0 Å². The van der Waals surface area contributed by atoms with E-state index in [0.29, 0.717) is 5.75 Å². The highest BCUT2D eigenvalue weighted by Gasteiger charge is 2.09. The fraction of sp³-hybridized carbons (Fsp3) is 0.188. The number of hydrogen-bond acceptors (Lipinski definition) is 2. The molecule has 0 saturated heterocycles. The van der Waals surface area contributed by atoms with Crippen LogP contribution in [0.3, 0.4) is 0 Å². The Morgan fingerprint density at radius 2 is 2.05 bits per heavy atom. The molecular formula is C16H15BrFNO2. The second-order valence-electron chi connectivity index (χ2n) is 4.42. The predicted octanol–water partition coefficient (Wildman–Crippen LogP) is 4.17. The molecule has 0 bridgehead atoms. The fourth-order valence-electron chi connectivity index (χ4n) is 1.86. The largest absolute Gasteiger partial charge is 0.483 e. The maximum absolute atomic E-state index is 13.4. The quantitative estimate of drug-likeness (QED) is 0.877. The molecule has 0 heterocycles. The van der Waals surface area contributed by atoms with Crippen molar-refractivity contribution in [1.29, 1.82) is 0 Å². The van der Waals surface area contributed by atoms with Crippen molar-refractivity contribution in [2.45, 2.75) is 13.3 Å². The topological polar surface area (TPSA) is 38.3 Å². The number of para-hydroxylation sites is 1. The summed E-state index contributed by atoms with van der Waals surface area (Å²) < 4.78 is 19.9. The van der Waals surface area contributed by atoms with E-state index in [1.54, 1.807) is 18.2 Å². The van der Waals surface area contributed by atoms with E-state index in [0.717, 1.165) is 16.5 Å². The molecule has 0 fully saturated rings. The van der Waals surface area contributed by atoms with E-state index in [1.807, 2.05) is 19.1 Å². The van der Waals surface area contributed by atoms with Gasteiger partial charge in [0.2, 0.25) is 0 Å². The van der Waals surface area contributed by atoms with Gasteiger partial charge >= 0.3 is 0 Å². The summed E-state index contributed by atoms with van der Waals surface area (Å²) in [5.41, 5.74) is 1.15. The normalized spacial score (nSPS) is 10.2. The highest BCUT2D eigenvalue weighted by atomic mass is 79.9. The molecule has 5 heteroatoms. The summed E-state index contributed by atoms with van der Waals surface area (Å²) in [6.07, 6.45) is 0.795. The first-order valence-electron chi connectivity index (χ1n) is 6.55. The first-order chi connectivity index (χ1) is 10.1. The molecule has 2 aromatic rings. The molecule has 0 aliphatic rings. The molecule has 0 saturated carbocycles. The summed E-state index contributed by atoms with van der Waals surface area (Å²) in [5, 5.41) is 2.48. The van der Waals surface area contributed by atoms with Gasteiger partial charge in [-0.3, -0.25) is 4.79 Å². The number of carbonyl (C=O) groups excluding carboxylic acids is 1. The molecule has 0 aliphatic carbocycles. The van der Waals surface area contributed by atoms with Crippen molar-refractivity contribution in [1.82, 2.24) is 0 Å². The summed E-state index contributed by atoms with van der Waals surface area (Å²) >= 11 is 3.39. The van der Waals surface area contributed by atoms with E-state index < -0.39 is 11.7 Å². The third-order valence-corrected chi connectivity index (χ3v) is 3.40. The lowest BCUT2D eigenvalue weighted by molar-refractivity contribution is -0.118. The zero-order valence-corrected chi connectivity index (χ0v) is 13.1. The predicted molar refractivity (Wildman–Crippen MR) is 84.0 cm³/mol. The number of hydrogen-bond donors (Lipinski definition) is 1. The van der Waals surface area contributed by atoms with E-state index in [2.05, 4.69) is 21.2 Å². The molecule has 0 spiro atoms. The Morgan fingerprint density at radius 1 is 1.29 bits per heavy atom. The number of ether oxygens (including phenoxy) is 1. The lowest BCUT2D eigenvalue weighted by atomic mass is 10.1. The Kier molecular flexibility index (Phi) is 5.33. The maximum Gasteiger partial charge on any atom is 0.262 e. The van der Waals surface area contributed by atoms with Crippen LogP contribution in [0.15, 0.2) is 46.9 Å². The summed E-state index contributed by atoms with van der Waals surface area (Å²) in [4.78, 5) is 11.8. The molecule has 2 aromatic carbocycles. The van der Waals surface area contributed by atoms with Gasteiger partial charge in [-0.15, -0.1) is 0 Å². The molecule has 0 radical (unpaired) electrons. The van der Waals surface area contributed by atoms with E-state index in [1.165, 1.54) is 12.1 Å². The zero-order chi connectivity index (χ0) is 15.2. The average Bonchev–Trinajstić information content (AvgIpc) is 2.48. The average molecular weight is 352 g/mol. The standard InChI is InChI=1S/C16H15BrFNO2/c1-2-11-9-12(17)7-8-15(11)21-10-16(20)19-14-6-4-3-5-13(14)18/h3-9H,2,10H2,1H3,(H,19,20). The third kappa shape index (κ3) is 4.29. The van der Waals surface area contributed by atoms with Crippen molar-refractivity contribution in [2.24, 2.45) is 0 Å². The summed E-state index contributed by atoms with van der Waals surface area (Å²) in [5.74, 6) is -0.210. The number of nitrogens with one attached hydrogen (secondary N) is 1. The first kappa shape index (κ1) is 15.5. The van der Waals surface area contributed by atoms with Gasteiger partial charge in [-0.25, -0.2) is 4.39 Å². The van der Waals surface area contributed by atoms with Gasteiger partial charge in [-0.1, -0.05) is 35.0 Å². The molecule has 0 aliphatic heterocycles. The summed E-state index contributed by atoms with van der Waals surface area (Å²) in [6, 6.07) is 11.6. The Hall–Kier alpha value is -1.88. The third-order valence-electron chi connectivity index (χ3n) is 2.91. The number of rotatable bonds is 5. The molecule has 1 N–H and O–H groups in total. The number of anilines is 1. The fourth-order valence-corrected chi connectivity index (χ4v) is 2.27. The number of carbonyl (C=O) groups is 1. The van der Waals surface area contributed by atoms with E-state index in [4.69, 9.17) is 4.74 Å². The van der Waals surface area contributed by atoms with Crippen LogP contribution in [-0.4, -0.2) is 12.5 Å². The minimum Gasteiger partial charge on any atom is -0.483 e. The molecule has 1 amide bonds. The zero-order valence-electron chi connectivity index (χ0n) is 11.5. The molecule has 3 nitrogen and oxygen atoms in total. The Balaban J connectivity index is 1.97. The molecule has 21 heavy (non-hydrogen) atoms. The second-order valence-corrected chi connectivity index (χ2v) is 5.34. The van der Waals surface area contributed by atoms with Gasteiger partial charge in [0.25, 0.3) is 5.91 Å². The minimum absolute atomic E-state index is 0.151. The van der Waals surface area contributed by atoms with Gasteiger partial charge in [0.15, 0.2) is 6.61 Å². The molecular weight excluding hydrogens is 337 g/mol. The van der Waals surface area contributed by atoms with Gasteiger partial charge in [0.1, 0.15) is 11.6 Å². The monoisotopic (exact) mass is 351 g/mol. The van der Waals surface area contributed by atoms with Gasteiger partial charge in [0.05, 0.1) is 5.69 Å². The van der Waals surface area contributed by atoms with Crippen LogP contribution in [0.2, 0.25) is 0 Å². The molecule has 0 aromatic heterocycles. The Morgan fingerprint density at radius 3 is 2.76 bits per heavy atom. The van der Waals surface area contributed by atoms with Crippen LogP contribution in [0.25, 0.3) is 0 Å². The number of benzene rings is 2. The SMILES string of the molecule is CCc1cc(Br)ccc1OCC(=O)Nc1ccccc1F. The van der Waals surface area contributed by atoms with E-state index in [-0.39, 0.29) is 12.3 Å². The highest BCUT2D eigenvalue weighted by Crippen LogP contribution is 2.23. The van der Waals surface area contributed by atoms with Crippen molar-refractivity contribution in [3.05, 3.63) is 58.3 Å². The molecule has 0 atom stereocenters. The maximum atomic E-state index is 13.4. The Labute approximate surface area is 131 Å². The van der Waals surface area contributed by atoms with Crippen LogP contribution in [0, 0.1) is 5.82 Å². The number of aryl methyl sites for hydroxylation is 1. The Bertz CT molecular complexity index is 646. The van der Waals surface area contributed by atoms with Crippen molar-refractivity contribution < 1.29 is 13.9 Å². The van der Waals surface area contributed by atoms with Crippen LogP contribution in [0.5, 0.6) is 5.75 Å². The van der Waals surface area contributed by atoms with Crippen LogP contribution in [-0.2, 0) is 11.2 Å². The van der Waals surface area contributed by atoms with Crippen molar-refractivity contribution in [2.75, 3.05) is 11.9 Å². The van der Waals surface area contributed by atoms with Gasteiger partial charge in [-0.05, 0) is 42.3 Å². The van der Waals surface area contributed by atoms with Crippen LogP contribution in [0.1, 0.15) is 12.5 Å². The first-order valence-corrected chi connectivity index (χ1v) is 7.35. The summed E-state index contributed by atoms with van der Waals surface area (Å²) in [6.45, 7) is 1.84. The molecule has 110 valence electrons. The van der Waals surface area contributed by atoms with Crippen molar-refractivity contribution >= 4 is 27.5 Å². The number of amides is 1. The highest BCUT2D eigenvalue weighted by molar-refractivity contribution is 9.10. The van der Waals surface area contributed by atoms with Crippen LogP contribution >= 0.6 is 15.9 Å².